The molecule has 22 heavy (non-hydrogen) atoms. The zero-order chi connectivity index (χ0) is 15.8. The normalized spacial score (nSPS) is 24.2. The molecule has 1 saturated heterocycles. The summed E-state index contributed by atoms with van der Waals surface area (Å²) in [7, 11) is 3.57. The summed E-state index contributed by atoms with van der Waals surface area (Å²) in [5.74, 6) is 3.45. The van der Waals surface area contributed by atoms with Crippen molar-refractivity contribution in [3.8, 4) is 0 Å². The molecule has 1 aliphatic carbocycles. The Kier molecular flexibility index (Phi) is 7.31. The van der Waals surface area contributed by atoms with Gasteiger partial charge in [0.2, 0.25) is 0 Å². The zero-order valence-corrected chi connectivity index (χ0v) is 15.2. The molecule has 5 nitrogen and oxygen atoms in total. The second-order valence-electron chi connectivity index (χ2n) is 6.46. The van der Waals surface area contributed by atoms with Gasteiger partial charge in [-0.2, -0.15) is 11.8 Å². The summed E-state index contributed by atoms with van der Waals surface area (Å²) in [6, 6.07) is 0.266. The van der Waals surface area contributed by atoms with Crippen molar-refractivity contribution in [1.29, 1.82) is 0 Å². The van der Waals surface area contributed by atoms with E-state index in [2.05, 4.69) is 39.2 Å². The van der Waals surface area contributed by atoms with Crippen molar-refractivity contribution in [3.05, 3.63) is 0 Å². The van der Waals surface area contributed by atoms with Crippen LogP contribution >= 0.6 is 11.8 Å². The number of thioether (sulfide) groups is 1. The summed E-state index contributed by atoms with van der Waals surface area (Å²) in [6.45, 7) is 6.27. The third-order valence-electron chi connectivity index (χ3n) is 4.82. The number of hydrogen-bond donors (Lipinski definition) is 2. The molecule has 2 rings (SSSR count). The van der Waals surface area contributed by atoms with Crippen LogP contribution in [-0.2, 0) is 4.74 Å². The fourth-order valence-electron chi connectivity index (χ4n) is 3.64. The molecule has 0 aromatic heterocycles. The van der Waals surface area contributed by atoms with E-state index in [9.17, 15) is 0 Å². The first-order chi connectivity index (χ1) is 10.7. The second kappa shape index (κ2) is 8.99. The Morgan fingerprint density at radius 2 is 2.00 bits per heavy atom. The molecule has 0 aromatic carbocycles. The van der Waals surface area contributed by atoms with Crippen LogP contribution in [0, 0.1) is 0 Å². The van der Waals surface area contributed by atoms with Gasteiger partial charge in [0, 0.05) is 56.9 Å². The molecule has 2 N–H and O–H groups in total. The fraction of sp³-hybridized carbons (Fsp3) is 0.938. The van der Waals surface area contributed by atoms with E-state index in [4.69, 9.17) is 4.74 Å². The average molecular weight is 329 g/mol. The van der Waals surface area contributed by atoms with Gasteiger partial charge in [0.25, 0.3) is 0 Å². The highest BCUT2D eigenvalue weighted by molar-refractivity contribution is 7.99. The van der Waals surface area contributed by atoms with Gasteiger partial charge in [-0.25, -0.2) is 0 Å². The van der Waals surface area contributed by atoms with Crippen LogP contribution in [0.3, 0.4) is 0 Å². The quantitative estimate of drug-likeness (QED) is 0.572. The van der Waals surface area contributed by atoms with E-state index in [1.54, 1.807) is 7.11 Å². The smallest absolute Gasteiger partial charge is 0.191 e. The first-order valence-corrected chi connectivity index (χ1v) is 9.64. The van der Waals surface area contributed by atoms with Crippen LogP contribution in [0.2, 0.25) is 0 Å². The van der Waals surface area contributed by atoms with Crippen LogP contribution in [0.1, 0.15) is 32.6 Å². The SMILES string of the molecule is CN=C(NCC1(N2CCSCC2)CCCC1)NC(C)COC. The Labute approximate surface area is 139 Å². The molecule has 1 unspecified atom stereocenters. The Bertz CT molecular complexity index is 352. The van der Waals surface area contributed by atoms with E-state index in [1.807, 2.05) is 7.05 Å². The number of methoxy groups -OCH3 is 1. The summed E-state index contributed by atoms with van der Waals surface area (Å²) in [6.07, 6.45) is 5.35. The molecule has 0 spiro atoms. The van der Waals surface area contributed by atoms with Gasteiger partial charge in [0.15, 0.2) is 5.96 Å². The number of hydrogen-bond acceptors (Lipinski definition) is 4. The number of rotatable bonds is 6. The van der Waals surface area contributed by atoms with Crippen molar-refractivity contribution in [2.45, 2.75) is 44.2 Å². The molecule has 1 saturated carbocycles. The van der Waals surface area contributed by atoms with Crippen LogP contribution in [0.4, 0.5) is 0 Å². The summed E-state index contributed by atoms with van der Waals surface area (Å²) < 4.78 is 5.19. The topological polar surface area (TPSA) is 48.9 Å². The van der Waals surface area contributed by atoms with E-state index < -0.39 is 0 Å². The minimum absolute atomic E-state index is 0.266. The number of guanidine groups is 1. The number of ether oxygens (including phenoxy) is 1. The average Bonchev–Trinajstić information content (AvgIpc) is 3.02. The molecule has 2 aliphatic rings. The van der Waals surface area contributed by atoms with Crippen molar-refractivity contribution in [1.82, 2.24) is 15.5 Å². The minimum Gasteiger partial charge on any atom is -0.383 e. The standard InChI is InChI=1S/C16H32N4OS/c1-14(12-21-3)19-15(17-2)18-13-16(6-4-5-7-16)20-8-10-22-11-9-20/h14H,4-13H2,1-3H3,(H2,17,18,19). The predicted octanol–water partition coefficient (Wildman–Crippen LogP) is 1.55. The van der Waals surface area contributed by atoms with E-state index in [0.29, 0.717) is 12.1 Å². The van der Waals surface area contributed by atoms with Gasteiger partial charge in [0.1, 0.15) is 0 Å². The molecule has 128 valence electrons. The third kappa shape index (κ3) is 4.77. The highest BCUT2D eigenvalue weighted by Gasteiger charge is 2.39. The molecule has 0 radical (unpaired) electrons. The highest BCUT2D eigenvalue weighted by Crippen LogP contribution is 2.36. The van der Waals surface area contributed by atoms with Gasteiger partial charge in [-0.15, -0.1) is 0 Å². The molecule has 1 heterocycles. The van der Waals surface area contributed by atoms with Gasteiger partial charge in [0.05, 0.1) is 6.61 Å². The Morgan fingerprint density at radius 3 is 2.59 bits per heavy atom. The Hall–Kier alpha value is -0.460. The van der Waals surface area contributed by atoms with Gasteiger partial charge in [-0.05, 0) is 19.8 Å². The van der Waals surface area contributed by atoms with Gasteiger partial charge >= 0.3 is 0 Å². The molecule has 0 bridgehead atoms. The largest absolute Gasteiger partial charge is 0.383 e. The van der Waals surface area contributed by atoms with E-state index >= 15 is 0 Å². The van der Waals surface area contributed by atoms with Crippen LogP contribution in [0.5, 0.6) is 0 Å². The number of nitrogens with one attached hydrogen (secondary N) is 2. The maximum Gasteiger partial charge on any atom is 0.191 e. The highest BCUT2D eigenvalue weighted by atomic mass is 32.2. The molecular formula is C16H32N4OS. The van der Waals surface area contributed by atoms with Crippen LogP contribution in [0.25, 0.3) is 0 Å². The summed E-state index contributed by atoms with van der Waals surface area (Å²) in [5.41, 5.74) is 0.336. The van der Waals surface area contributed by atoms with Crippen molar-refractivity contribution in [2.75, 3.05) is 51.9 Å². The molecule has 0 aromatic rings. The van der Waals surface area contributed by atoms with Crippen molar-refractivity contribution in [3.63, 3.8) is 0 Å². The lowest BCUT2D eigenvalue weighted by Gasteiger charge is -2.43. The van der Waals surface area contributed by atoms with Crippen LogP contribution < -0.4 is 10.6 Å². The van der Waals surface area contributed by atoms with E-state index in [1.165, 1.54) is 50.3 Å². The second-order valence-corrected chi connectivity index (χ2v) is 7.68. The maximum atomic E-state index is 5.19. The maximum absolute atomic E-state index is 5.19. The predicted molar refractivity (Wildman–Crippen MR) is 95.9 cm³/mol. The third-order valence-corrected chi connectivity index (χ3v) is 5.77. The Morgan fingerprint density at radius 1 is 1.32 bits per heavy atom. The van der Waals surface area contributed by atoms with Crippen molar-refractivity contribution >= 4 is 17.7 Å². The van der Waals surface area contributed by atoms with Gasteiger partial charge in [-0.3, -0.25) is 9.89 Å². The van der Waals surface area contributed by atoms with Crippen LogP contribution in [-0.4, -0.2) is 74.3 Å². The Balaban J connectivity index is 1.90. The lowest BCUT2D eigenvalue weighted by molar-refractivity contribution is 0.107. The summed E-state index contributed by atoms with van der Waals surface area (Å²) in [5, 5.41) is 6.98. The van der Waals surface area contributed by atoms with E-state index in [0.717, 1.165) is 12.5 Å². The zero-order valence-electron chi connectivity index (χ0n) is 14.4. The molecule has 2 fully saturated rings. The van der Waals surface area contributed by atoms with Crippen LogP contribution in [0.15, 0.2) is 4.99 Å². The lowest BCUT2D eigenvalue weighted by Crippen LogP contribution is -2.58. The minimum atomic E-state index is 0.266. The summed E-state index contributed by atoms with van der Waals surface area (Å²) >= 11 is 2.09. The monoisotopic (exact) mass is 328 g/mol. The molecule has 6 heteroatoms. The molecule has 1 aliphatic heterocycles. The van der Waals surface area contributed by atoms with E-state index in [-0.39, 0.29) is 6.04 Å². The van der Waals surface area contributed by atoms with Gasteiger partial charge in [-0.1, -0.05) is 12.8 Å². The molecule has 0 amide bonds. The lowest BCUT2D eigenvalue weighted by atomic mass is 9.94. The molecular weight excluding hydrogens is 296 g/mol. The first kappa shape index (κ1) is 17.9. The molecule has 1 atom stereocenters. The first-order valence-electron chi connectivity index (χ1n) is 8.49. The number of nitrogens with zero attached hydrogens (tertiary/aromatic N) is 2. The van der Waals surface area contributed by atoms with Crippen molar-refractivity contribution < 1.29 is 4.74 Å². The van der Waals surface area contributed by atoms with Gasteiger partial charge < -0.3 is 15.4 Å². The fourth-order valence-corrected chi connectivity index (χ4v) is 4.55. The van der Waals surface area contributed by atoms with Crippen molar-refractivity contribution in [2.24, 2.45) is 4.99 Å². The number of aliphatic imine (C=N–C) groups is 1. The summed E-state index contributed by atoms with van der Waals surface area (Å²) in [4.78, 5) is 7.10.